The number of hydrogen-bond donors (Lipinski definition) is 0. The molecule has 0 aromatic rings. The van der Waals surface area contributed by atoms with Crippen LogP contribution in [0, 0.1) is 0 Å². The highest BCUT2D eigenvalue weighted by atomic mass is 15.4. The molecule has 6 atom stereocenters. The fourth-order valence-corrected chi connectivity index (χ4v) is 6.62. The second-order valence-corrected chi connectivity index (χ2v) is 10.3. The van der Waals surface area contributed by atoms with Gasteiger partial charge in [-0.25, -0.2) is 0 Å². The van der Waals surface area contributed by atoms with E-state index in [4.69, 9.17) is 0 Å². The maximum Gasteiger partial charge on any atom is 0.0242 e. The van der Waals surface area contributed by atoms with Crippen LogP contribution in [0.15, 0.2) is 0 Å². The second kappa shape index (κ2) is 7.35. The van der Waals surface area contributed by atoms with E-state index in [-0.39, 0.29) is 0 Å². The number of rotatable bonds is 7. The highest BCUT2D eigenvalue weighted by molar-refractivity contribution is 5.03. The molecule has 0 aromatic heterocycles. The van der Waals surface area contributed by atoms with Crippen molar-refractivity contribution in [1.29, 1.82) is 0 Å². The van der Waals surface area contributed by atoms with Gasteiger partial charge in [-0.3, -0.25) is 19.6 Å². The Morgan fingerprint density at radius 3 is 1.12 bits per heavy atom. The lowest BCUT2D eigenvalue weighted by Crippen LogP contribution is -2.52. The molecule has 0 saturated carbocycles. The first-order valence-electron chi connectivity index (χ1n) is 11.4. The van der Waals surface area contributed by atoms with Gasteiger partial charge in [0.2, 0.25) is 0 Å². The van der Waals surface area contributed by atoms with E-state index in [0.29, 0.717) is 0 Å². The lowest BCUT2D eigenvalue weighted by Gasteiger charge is -2.41. The number of likely N-dealkylation sites (tertiary alicyclic amines) is 4. The van der Waals surface area contributed by atoms with Crippen molar-refractivity contribution in [3.05, 3.63) is 0 Å². The first kappa shape index (κ1) is 19.2. The largest absolute Gasteiger partial charge is 0.295 e. The highest BCUT2D eigenvalue weighted by Crippen LogP contribution is 2.36. The Bertz CT molecular complexity index is 449. The van der Waals surface area contributed by atoms with E-state index >= 15 is 0 Å². The van der Waals surface area contributed by atoms with Crippen LogP contribution in [0.3, 0.4) is 0 Å². The average molecular weight is 363 g/mol. The standard InChI is InChI=1S/C22H42N4/c1-15(2)23-11-21-9-19(23)13-25(21)17(5)7-8-18(6)26-14-20-10-22(26)12-24(20)16(3)4/h15-22H,7-14H2,1-6H3/t17?,18?,19-,20?,21-,22?/m0/s1. The summed E-state index contributed by atoms with van der Waals surface area (Å²) in [6.07, 6.45) is 5.57. The minimum atomic E-state index is 0.721. The smallest absolute Gasteiger partial charge is 0.0242 e. The Balaban J connectivity index is 1.23. The minimum Gasteiger partial charge on any atom is -0.295 e. The molecule has 0 N–H and O–H groups in total. The van der Waals surface area contributed by atoms with Crippen molar-refractivity contribution in [3.8, 4) is 0 Å². The Morgan fingerprint density at radius 2 is 0.846 bits per heavy atom. The average Bonchev–Trinajstić information content (AvgIpc) is 3.36. The van der Waals surface area contributed by atoms with Gasteiger partial charge >= 0.3 is 0 Å². The van der Waals surface area contributed by atoms with E-state index in [1.807, 2.05) is 0 Å². The Hall–Kier alpha value is -0.160. The van der Waals surface area contributed by atoms with E-state index in [1.54, 1.807) is 0 Å². The molecule has 4 heterocycles. The highest BCUT2D eigenvalue weighted by Gasteiger charge is 2.47. The van der Waals surface area contributed by atoms with Gasteiger partial charge in [0.15, 0.2) is 0 Å². The van der Waals surface area contributed by atoms with Gasteiger partial charge in [0.1, 0.15) is 0 Å². The Labute approximate surface area is 161 Å². The second-order valence-electron chi connectivity index (χ2n) is 10.3. The van der Waals surface area contributed by atoms with Crippen molar-refractivity contribution in [2.45, 2.75) is 116 Å². The molecule has 4 unspecified atom stereocenters. The van der Waals surface area contributed by atoms with Crippen molar-refractivity contribution >= 4 is 0 Å². The zero-order valence-corrected chi connectivity index (χ0v) is 18.1. The lowest BCUT2D eigenvalue weighted by molar-refractivity contribution is 0.0599. The molecule has 0 spiro atoms. The van der Waals surface area contributed by atoms with Crippen LogP contribution in [0.25, 0.3) is 0 Å². The number of fused-ring (bicyclic) bond motifs is 4. The molecular weight excluding hydrogens is 320 g/mol. The third-order valence-corrected chi connectivity index (χ3v) is 8.11. The SMILES string of the molecule is CC(C)N1CC2CC1CN2C(C)CCC(C)N1C[C@@H]2C[C@H]1CN2C(C)C. The van der Waals surface area contributed by atoms with Gasteiger partial charge in [0.25, 0.3) is 0 Å². The summed E-state index contributed by atoms with van der Waals surface area (Å²) in [7, 11) is 0. The molecule has 4 nitrogen and oxygen atoms in total. The molecule has 0 aromatic carbocycles. The van der Waals surface area contributed by atoms with Crippen LogP contribution < -0.4 is 0 Å². The summed E-state index contributed by atoms with van der Waals surface area (Å²) in [4.78, 5) is 11.1. The molecule has 26 heavy (non-hydrogen) atoms. The maximum absolute atomic E-state index is 2.84. The Kier molecular flexibility index (Phi) is 5.42. The quantitative estimate of drug-likeness (QED) is 0.690. The van der Waals surface area contributed by atoms with Gasteiger partial charge in [-0.2, -0.15) is 0 Å². The lowest BCUT2D eigenvalue weighted by atomic mass is 10.0. The van der Waals surface area contributed by atoms with Gasteiger partial charge in [-0.1, -0.05) is 0 Å². The topological polar surface area (TPSA) is 13.0 Å². The van der Waals surface area contributed by atoms with Crippen molar-refractivity contribution in [2.24, 2.45) is 0 Å². The molecule has 4 rings (SSSR count). The fourth-order valence-electron chi connectivity index (χ4n) is 6.62. The van der Waals surface area contributed by atoms with Crippen LogP contribution in [-0.2, 0) is 0 Å². The molecule has 0 radical (unpaired) electrons. The van der Waals surface area contributed by atoms with E-state index in [9.17, 15) is 0 Å². The normalized spacial score (nSPS) is 38.3. The molecule has 4 aliphatic heterocycles. The summed E-state index contributed by atoms with van der Waals surface area (Å²) < 4.78 is 0. The first-order valence-corrected chi connectivity index (χ1v) is 11.4. The van der Waals surface area contributed by atoms with Crippen LogP contribution in [0.5, 0.6) is 0 Å². The summed E-state index contributed by atoms with van der Waals surface area (Å²) >= 11 is 0. The van der Waals surface area contributed by atoms with E-state index in [1.165, 1.54) is 51.9 Å². The van der Waals surface area contributed by atoms with Gasteiger partial charge in [-0.05, 0) is 67.2 Å². The van der Waals surface area contributed by atoms with Gasteiger partial charge < -0.3 is 0 Å². The zero-order valence-electron chi connectivity index (χ0n) is 18.1. The number of hydrogen-bond acceptors (Lipinski definition) is 4. The molecule has 4 aliphatic rings. The molecule has 0 aliphatic carbocycles. The van der Waals surface area contributed by atoms with Gasteiger partial charge in [-0.15, -0.1) is 0 Å². The third kappa shape index (κ3) is 3.36. The van der Waals surface area contributed by atoms with Crippen molar-refractivity contribution in [3.63, 3.8) is 0 Å². The molecule has 4 saturated heterocycles. The monoisotopic (exact) mass is 362 g/mol. The van der Waals surface area contributed by atoms with Gasteiger partial charge in [0, 0.05) is 74.5 Å². The minimum absolute atomic E-state index is 0.721. The summed E-state index contributed by atoms with van der Waals surface area (Å²) in [6.45, 7) is 19.7. The summed E-state index contributed by atoms with van der Waals surface area (Å²) in [5, 5.41) is 0. The van der Waals surface area contributed by atoms with Crippen LogP contribution in [0.4, 0.5) is 0 Å². The van der Waals surface area contributed by atoms with Crippen LogP contribution in [-0.4, -0.2) is 94.1 Å². The summed E-state index contributed by atoms with van der Waals surface area (Å²) in [5.74, 6) is 0. The van der Waals surface area contributed by atoms with Crippen LogP contribution in [0.1, 0.15) is 67.2 Å². The number of nitrogens with zero attached hydrogens (tertiary/aromatic N) is 4. The zero-order chi connectivity index (χ0) is 18.6. The first-order chi connectivity index (χ1) is 12.3. The van der Waals surface area contributed by atoms with Gasteiger partial charge in [0.05, 0.1) is 0 Å². The summed E-state index contributed by atoms with van der Waals surface area (Å²) in [6, 6.07) is 6.27. The third-order valence-electron chi connectivity index (χ3n) is 8.11. The molecule has 4 fully saturated rings. The van der Waals surface area contributed by atoms with E-state index in [0.717, 1.165) is 48.3 Å². The fraction of sp³-hybridized carbons (Fsp3) is 1.00. The molecule has 0 amide bonds. The summed E-state index contributed by atoms with van der Waals surface area (Å²) in [5.41, 5.74) is 0. The molecular formula is C22H42N4. The van der Waals surface area contributed by atoms with Crippen molar-refractivity contribution < 1.29 is 0 Å². The molecule has 150 valence electrons. The maximum atomic E-state index is 2.84. The van der Waals surface area contributed by atoms with Crippen molar-refractivity contribution in [1.82, 2.24) is 19.6 Å². The van der Waals surface area contributed by atoms with Crippen LogP contribution in [0.2, 0.25) is 0 Å². The number of piperazine rings is 2. The predicted octanol–water partition coefficient (Wildman–Crippen LogP) is 2.88. The van der Waals surface area contributed by atoms with E-state index in [2.05, 4.69) is 61.1 Å². The van der Waals surface area contributed by atoms with Crippen LogP contribution >= 0.6 is 0 Å². The predicted molar refractivity (Wildman–Crippen MR) is 110 cm³/mol. The Morgan fingerprint density at radius 1 is 0.538 bits per heavy atom. The van der Waals surface area contributed by atoms with Crippen molar-refractivity contribution in [2.75, 3.05) is 26.2 Å². The van der Waals surface area contributed by atoms with E-state index < -0.39 is 0 Å². The molecule has 4 bridgehead atoms. The molecule has 4 heteroatoms.